The van der Waals surface area contributed by atoms with Gasteiger partial charge in [-0.1, -0.05) is 6.07 Å². The fourth-order valence-corrected chi connectivity index (χ4v) is 3.92. The molecule has 25 heavy (non-hydrogen) atoms. The van der Waals surface area contributed by atoms with E-state index in [1.807, 2.05) is 35.4 Å². The number of hydrogen-bond acceptors (Lipinski definition) is 4. The first kappa shape index (κ1) is 16.3. The first-order valence-corrected chi connectivity index (χ1v) is 8.85. The van der Waals surface area contributed by atoms with Crippen LogP contribution in [0.4, 0.5) is 0 Å². The van der Waals surface area contributed by atoms with E-state index >= 15 is 0 Å². The molecule has 3 unspecified atom stereocenters. The number of nitrogens with one attached hydrogen (secondary N) is 1. The van der Waals surface area contributed by atoms with E-state index in [9.17, 15) is 4.79 Å². The van der Waals surface area contributed by atoms with Gasteiger partial charge in [-0.05, 0) is 36.6 Å². The molecule has 6 heteroatoms. The molecule has 4 rings (SSSR count). The summed E-state index contributed by atoms with van der Waals surface area (Å²) in [6.07, 6.45) is 7.44. The second-order valence-corrected chi connectivity index (χ2v) is 6.70. The van der Waals surface area contributed by atoms with Crippen LogP contribution in [-0.2, 0) is 16.1 Å². The molecule has 1 saturated carbocycles. The number of amides is 1. The van der Waals surface area contributed by atoms with E-state index in [4.69, 9.17) is 9.47 Å². The van der Waals surface area contributed by atoms with Gasteiger partial charge in [0.05, 0.1) is 32.0 Å². The summed E-state index contributed by atoms with van der Waals surface area (Å²) in [7, 11) is 0. The molecule has 2 aromatic rings. The molecule has 1 amide bonds. The highest BCUT2D eigenvalue weighted by Crippen LogP contribution is 2.35. The number of aromatic amines is 1. The van der Waals surface area contributed by atoms with Crippen LogP contribution in [0.2, 0.25) is 0 Å². The van der Waals surface area contributed by atoms with Crippen molar-refractivity contribution >= 4 is 5.91 Å². The highest BCUT2D eigenvalue weighted by Gasteiger charge is 2.44. The largest absolute Gasteiger partial charge is 0.376 e. The molecule has 1 saturated heterocycles. The predicted octanol–water partition coefficient (Wildman–Crippen LogP) is 2.25. The molecule has 1 aliphatic heterocycles. The number of carbonyl (C=O) groups is 1. The Morgan fingerprint density at radius 2 is 2.32 bits per heavy atom. The van der Waals surface area contributed by atoms with Crippen LogP contribution in [0.3, 0.4) is 0 Å². The first-order valence-electron chi connectivity index (χ1n) is 8.85. The number of ether oxygens (including phenoxy) is 2. The molecule has 0 radical (unpaired) electrons. The maximum absolute atomic E-state index is 12.7. The van der Waals surface area contributed by atoms with Crippen molar-refractivity contribution in [2.24, 2.45) is 5.92 Å². The van der Waals surface area contributed by atoms with Crippen molar-refractivity contribution in [3.63, 3.8) is 0 Å². The number of pyridine rings is 1. The fourth-order valence-electron chi connectivity index (χ4n) is 3.92. The fraction of sp³-hybridized carbons (Fsp3) is 0.474. The summed E-state index contributed by atoms with van der Waals surface area (Å²) < 4.78 is 11.9. The number of hydrogen-bond donors (Lipinski definition) is 1. The van der Waals surface area contributed by atoms with Gasteiger partial charge < -0.3 is 19.4 Å². The third-order valence-electron chi connectivity index (χ3n) is 5.13. The molecule has 0 aromatic carbocycles. The van der Waals surface area contributed by atoms with Crippen LogP contribution < -0.4 is 0 Å². The van der Waals surface area contributed by atoms with Crippen molar-refractivity contribution in [3.05, 3.63) is 54.1 Å². The molecule has 6 nitrogen and oxygen atoms in total. The molecular weight excluding hydrogens is 318 g/mol. The lowest BCUT2D eigenvalue weighted by molar-refractivity contribution is -0.0766. The van der Waals surface area contributed by atoms with Gasteiger partial charge in [0.25, 0.3) is 5.91 Å². The van der Waals surface area contributed by atoms with E-state index in [0.717, 1.165) is 18.4 Å². The highest BCUT2D eigenvalue weighted by atomic mass is 16.5. The van der Waals surface area contributed by atoms with E-state index in [-0.39, 0.29) is 18.1 Å². The highest BCUT2D eigenvalue weighted by molar-refractivity contribution is 5.92. The Hall–Kier alpha value is -2.18. The second-order valence-electron chi connectivity index (χ2n) is 6.70. The lowest BCUT2D eigenvalue weighted by atomic mass is 10.0. The molecule has 3 atom stereocenters. The Morgan fingerprint density at radius 1 is 1.36 bits per heavy atom. The quantitative estimate of drug-likeness (QED) is 0.906. The van der Waals surface area contributed by atoms with Gasteiger partial charge in [-0.25, -0.2) is 0 Å². The van der Waals surface area contributed by atoms with Gasteiger partial charge in [0.15, 0.2) is 0 Å². The van der Waals surface area contributed by atoms with Crippen LogP contribution in [0.25, 0.3) is 0 Å². The average molecular weight is 341 g/mol. The van der Waals surface area contributed by atoms with Gasteiger partial charge in [0.1, 0.15) is 5.69 Å². The zero-order valence-electron chi connectivity index (χ0n) is 14.1. The van der Waals surface area contributed by atoms with Crippen LogP contribution in [0, 0.1) is 5.92 Å². The zero-order valence-corrected chi connectivity index (χ0v) is 14.1. The Kier molecular flexibility index (Phi) is 4.81. The summed E-state index contributed by atoms with van der Waals surface area (Å²) in [5.74, 6) is 0.404. The van der Waals surface area contributed by atoms with E-state index < -0.39 is 0 Å². The van der Waals surface area contributed by atoms with Gasteiger partial charge in [-0.3, -0.25) is 9.78 Å². The summed E-state index contributed by atoms with van der Waals surface area (Å²) in [6, 6.07) is 7.76. The van der Waals surface area contributed by atoms with Crippen LogP contribution >= 0.6 is 0 Å². The number of nitrogens with zero attached hydrogens (tertiary/aromatic N) is 2. The maximum atomic E-state index is 12.7. The summed E-state index contributed by atoms with van der Waals surface area (Å²) in [5, 5.41) is 0. The van der Waals surface area contributed by atoms with Gasteiger partial charge in [0, 0.05) is 31.1 Å². The van der Waals surface area contributed by atoms with Gasteiger partial charge in [-0.2, -0.15) is 0 Å². The molecule has 0 bridgehead atoms. The molecule has 132 valence electrons. The minimum atomic E-state index is 0.0697. The molecule has 2 fully saturated rings. The number of aromatic nitrogens is 2. The molecule has 2 aromatic heterocycles. The average Bonchev–Trinajstić information content (AvgIpc) is 3.32. The van der Waals surface area contributed by atoms with E-state index in [0.29, 0.717) is 38.0 Å². The van der Waals surface area contributed by atoms with Crippen molar-refractivity contribution in [2.45, 2.75) is 31.6 Å². The van der Waals surface area contributed by atoms with Crippen molar-refractivity contribution in [1.29, 1.82) is 0 Å². The predicted molar refractivity (Wildman–Crippen MR) is 92.0 cm³/mol. The van der Waals surface area contributed by atoms with Crippen molar-refractivity contribution in [1.82, 2.24) is 14.9 Å². The number of carbonyl (C=O) groups excluding carboxylic acids is 1. The Morgan fingerprint density at radius 3 is 3.12 bits per heavy atom. The minimum absolute atomic E-state index is 0.0697. The monoisotopic (exact) mass is 341 g/mol. The molecular formula is C19H23N3O3. The normalized spacial score (nSPS) is 25.8. The van der Waals surface area contributed by atoms with E-state index in [1.165, 1.54) is 0 Å². The number of morpholine rings is 1. The molecule has 1 N–H and O–H groups in total. The Balaban J connectivity index is 1.35. The molecule has 2 aliphatic rings. The summed E-state index contributed by atoms with van der Waals surface area (Å²) in [6.45, 7) is 2.46. The molecule has 3 heterocycles. The third-order valence-corrected chi connectivity index (χ3v) is 5.13. The second kappa shape index (κ2) is 7.37. The number of H-pyrrole nitrogens is 1. The van der Waals surface area contributed by atoms with Gasteiger partial charge >= 0.3 is 0 Å². The van der Waals surface area contributed by atoms with Crippen molar-refractivity contribution in [2.75, 3.05) is 19.8 Å². The SMILES string of the molecule is O=C(c1ccc[nH]1)N1CCOC2C(COCc3cccnc3)CCC21. The van der Waals surface area contributed by atoms with Gasteiger partial charge in [0.2, 0.25) is 0 Å². The van der Waals surface area contributed by atoms with E-state index in [2.05, 4.69) is 9.97 Å². The lowest BCUT2D eigenvalue weighted by Gasteiger charge is -2.39. The summed E-state index contributed by atoms with van der Waals surface area (Å²) >= 11 is 0. The summed E-state index contributed by atoms with van der Waals surface area (Å²) in [5.41, 5.74) is 1.72. The smallest absolute Gasteiger partial charge is 0.270 e. The van der Waals surface area contributed by atoms with Crippen LogP contribution in [0.15, 0.2) is 42.9 Å². The maximum Gasteiger partial charge on any atom is 0.270 e. The molecule has 0 spiro atoms. The Labute approximate surface area is 147 Å². The summed E-state index contributed by atoms with van der Waals surface area (Å²) in [4.78, 5) is 21.8. The van der Waals surface area contributed by atoms with Crippen LogP contribution in [0.5, 0.6) is 0 Å². The number of rotatable bonds is 5. The Bertz CT molecular complexity index is 689. The van der Waals surface area contributed by atoms with Crippen LogP contribution in [0.1, 0.15) is 28.9 Å². The molecule has 1 aliphatic carbocycles. The third kappa shape index (κ3) is 3.45. The van der Waals surface area contributed by atoms with Gasteiger partial charge in [-0.15, -0.1) is 0 Å². The topological polar surface area (TPSA) is 67.5 Å². The van der Waals surface area contributed by atoms with Crippen LogP contribution in [-0.4, -0.2) is 52.7 Å². The van der Waals surface area contributed by atoms with Crippen molar-refractivity contribution < 1.29 is 14.3 Å². The zero-order chi connectivity index (χ0) is 17.1. The number of fused-ring (bicyclic) bond motifs is 1. The minimum Gasteiger partial charge on any atom is -0.376 e. The van der Waals surface area contributed by atoms with Crippen molar-refractivity contribution in [3.8, 4) is 0 Å². The first-order chi connectivity index (χ1) is 12.3. The van der Waals surface area contributed by atoms with E-state index in [1.54, 1.807) is 12.4 Å². The lowest BCUT2D eigenvalue weighted by Crippen LogP contribution is -2.53. The standard InChI is InChI=1S/C19H23N3O3/c23-19(16-4-2-8-21-16)22-9-10-25-18-15(5-6-17(18)22)13-24-12-14-3-1-7-20-11-14/h1-4,7-8,11,15,17-18,21H,5-6,9-10,12-13H2.